The van der Waals surface area contributed by atoms with Crippen molar-refractivity contribution in [1.29, 1.82) is 0 Å². The van der Waals surface area contributed by atoms with E-state index < -0.39 is 0 Å². The van der Waals surface area contributed by atoms with Crippen LogP contribution in [0, 0.1) is 5.92 Å². The molecular weight excluding hydrogens is 124 g/mol. The molecule has 0 spiro atoms. The first-order valence-corrected chi connectivity index (χ1v) is 4.28. The lowest BCUT2D eigenvalue weighted by atomic mass is 10.0. The largest absolute Gasteiger partial charge is 0.316 e. The zero-order chi connectivity index (χ0) is 7.40. The minimum Gasteiger partial charge on any atom is -0.316 e. The van der Waals surface area contributed by atoms with Crippen molar-refractivity contribution in [1.82, 2.24) is 10.6 Å². The summed E-state index contributed by atoms with van der Waals surface area (Å²) in [5, 5.41) is 6.82. The van der Waals surface area contributed by atoms with Gasteiger partial charge in [0, 0.05) is 6.04 Å². The fourth-order valence-electron chi connectivity index (χ4n) is 1.59. The first kappa shape index (κ1) is 8.02. The van der Waals surface area contributed by atoms with E-state index in [2.05, 4.69) is 24.5 Å². The molecule has 1 saturated heterocycles. The van der Waals surface area contributed by atoms with Gasteiger partial charge in [-0.15, -0.1) is 0 Å². The van der Waals surface area contributed by atoms with Gasteiger partial charge in [0.15, 0.2) is 0 Å². The monoisotopic (exact) mass is 142 g/mol. The molecule has 1 fully saturated rings. The zero-order valence-corrected chi connectivity index (χ0v) is 6.98. The molecule has 0 aromatic carbocycles. The van der Waals surface area contributed by atoms with E-state index in [1.54, 1.807) is 0 Å². The van der Waals surface area contributed by atoms with Crippen LogP contribution in [0.5, 0.6) is 0 Å². The smallest absolute Gasteiger partial charge is 0.00794 e. The van der Waals surface area contributed by atoms with Crippen LogP contribution in [0.2, 0.25) is 0 Å². The standard InChI is InChI=1S/C8H18N2/c1-3-10-7(2)8-4-5-9-6-8/h7-10H,3-6H2,1-2H3. The van der Waals surface area contributed by atoms with Gasteiger partial charge in [0.1, 0.15) is 0 Å². The van der Waals surface area contributed by atoms with Crippen LogP contribution >= 0.6 is 0 Å². The molecule has 0 amide bonds. The molecule has 2 atom stereocenters. The van der Waals surface area contributed by atoms with Crippen molar-refractivity contribution in [3.8, 4) is 0 Å². The normalized spacial score (nSPS) is 28.8. The molecule has 1 heterocycles. The number of hydrogen-bond acceptors (Lipinski definition) is 2. The SMILES string of the molecule is CCNC(C)C1CCNC1. The molecule has 0 bridgehead atoms. The van der Waals surface area contributed by atoms with Gasteiger partial charge in [-0.3, -0.25) is 0 Å². The topological polar surface area (TPSA) is 24.1 Å². The Morgan fingerprint density at radius 3 is 3.00 bits per heavy atom. The maximum atomic E-state index is 3.45. The molecule has 0 aromatic rings. The molecule has 0 saturated carbocycles. The summed E-state index contributed by atoms with van der Waals surface area (Å²) in [6.07, 6.45) is 1.34. The molecular formula is C8H18N2. The Labute approximate surface area is 63.4 Å². The highest BCUT2D eigenvalue weighted by atomic mass is 15.0. The minimum absolute atomic E-state index is 0.694. The number of nitrogens with one attached hydrogen (secondary N) is 2. The van der Waals surface area contributed by atoms with Gasteiger partial charge in [-0.2, -0.15) is 0 Å². The summed E-state index contributed by atoms with van der Waals surface area (Å²) in [7, 11) is 0. The highest BCUT2D eigenvalue weighted by Crippen LogP contribution is 2.11. The Kier molecular flexibility index (Phi) is 3.16. The van der Waals surface area contributed by atoms with E-state index in [9.17, 15) is 0 Å². The third kappa shape index (κ3) is 1.96. The van der Waals surface area contributed by atoms with Gasteiger partial charge in [-0.05, 0) is 38.9 Å². The molecule has 2 heteroatoms. The van der Waals surface area contributed by atoms with E-state index in [0.29, 0.717) is 6.04 Å². The Balaban J connectivity index is 2.18. The molecule has 0 radical (unpaired) electrons. The highest BCUT2D eigenvalue weighted by molar-refractivity contribution is 4.79. The fourth-order valence-corrected chi connectivity index (χ4v) is 1.59. The lowest BCUT2D eigenvalue weighted by Gasteiger charge is -2.18. The summed E-state index contributed by atoms with van der Waals surface area (Å²) in [6, 6.07) is 0.694. The van der Waals surface area contributed by atoms with Gasteiger partial charge < -0.3 is 10.6 Å². The van der Waals surface area contributed by atoms with E-state index in [-0.39, 0.29) is 0 Å². The molecule has 1 aliphatic rings. The minimum atomic E-state index is 0.694. The van der Waals surface area contributed by atoms with Crippen LogP contribution < -0.4 is 10.6 Å². The summed E-state index contributed by atoms with van der Waals surface area (Å²) < 4.78 is 0. The highest BCUT2D eigenvalue weighted by Gasteiger charge is 2.19. The lowest BCUT2D eigenvalue weighted by molar-refractivity contribution is 0.408. The van der Waals surface area contributed by atoms with Gasteiger partial charge in [0.05, 0.1) is 0 Å². The van der Waals surface area contributed by atoms with Crippen molar-refractivity contribution in [2.24, 2.45) is 5.92 Å². The van der Waals surface area contributed by atoms with E-state index in [1.807, 2.05) is 0 Å². The van der Waals surface area contributed by atoms with Crippen LogP contribution in [0.3, 0.4) is 0 Å². The Morgan fingerprint density at radius 1 is 1.70 bits per heavy atom. The van der Waals surface area contributed by atoms with E-state index in [4.69, 9.17) is 0 Å². The number of hydrogen-bond donors (Lipinski definition) is 2. The van der Waals surface area contributed by atoms with Crippen LogP contribution in [-0.4, -0.2) is 25.7 Å². The zero-order valence-electron chi connectivity index (χ0n) is 6.98. The second-order valence-corrected chi connectivity index (χ2v) is 3.10. The number of rotatable bonds is 3. The van der Waals surface area contributed by atoms with Crippen molar-refractivity contribution in [3.05, 3.63) is 0 Å². The summed E-state index contributed by atoms with van der Waals surface area (Å²) in [5.74, 6) is 0.861. The molecule has 1 rings (SSSR count). The van der Waals surface area contributed by atoms with E-state index in [0.717, 1.165) is 12.5 Å². The summed E-state index contributed by atoms with van der Waals surface area (Å²) >= 11 is 0. The van der Waals surface area contributed by atoms with Gasteiger partial charge >= 0.3 is 0 Å². The van der Waals surface area contributed by atoms with Crippen molar-refractivity contribution in [2.75, 3.05) is 19.6 Å². The van der Waals surface area contributed by atoms with Crippen molar-refractivity contribution >= 4 is 0 Å². The van der Waals surface area contributed by atoms with Crippen molar-refractivity contribution < 1.29 is 0 Å². The van der Waals surface area contributed by atoms with E-state index >= 15 is 0 Å². The molecule has 1 aliphatic heterocycles. The molecule has 2 unspecified atom stereocenters. The molecule has 10 heavy (non-hydrogen) atoms. The van der Waals surface area contributed by atoms with Crippen molar-refractivity contribution in [2.45, 2.75) is 26.3 Å². The fraction of sp³-hybridized carbons (Fsp3) is 1.00. The van der Waals surface area contributed by atoms with Gasteiger partial charge in [-0.25, -0.2) is 0 Å². The average Bonchev–Trinajstić information content (AvgIpc) is 2.38. The molecule has 2 N–H and O–H groups in total. The van der Waals surface area contributed by atoms with Gasteiger partial charge in [-0.1, -0.05) is 6.92 Å². The van der Waals surface area contributed by atoms with Crippen LogP contribution in [0.15, 0.2) is 0 Å². The quantitative estimate of drug-likeness (QED) is 0.603. The van der Waals surface area contributed by atoms with Crippen LogP contribution in [0.4, 0.5) is 0 Å². The average molecular weight is 142 g/mol. The Bertz CT molecular complexity index is 87.3. The molecule has 0 aromatic heterocycles. The van der Waals surface area contributed by atoms with Crippen LogP contribution in [-0.2, 0) is 0 Å². The second-order valence-electron chi connectivity index (χ2n) is 3.10. The predicted molar refractivity (Wildman–Crippen MR) is 44.1 cm³/mol. The van der Waals surface area contributed by atoms with Crippen LogP contribution in [0.25, 0.3) is 0 Å². The third-order valence-corrected chi connectivity index (χ3v) is 2.33. The Morgan fingerprint density at radius 2 is 2.50 bits per heavy atom. The van der Waals surface area contributed by atoms with Gasteiger partial charge in [0.25, 0.3) is 0 Å². The molecule has 0 aliphatic carbocycles. The lowest BCUT2D eigenvalue weighted by Crippen LogP contribution is -2.34. The third-order valence-electron chi connectivity index (χ3n) is 2.33. The van der Waals surface area contributed by atoms with Crippen LogP contribution in [0.1, 0.15) is 20.3 Å². The second kappa shape index (κ2) is 3.94. The maximum absolute atomic E-state index is 3.45. The first-order valence-electron chi connectivity index (χ1n) is 4.28. The van der Waals surface area contributed by atoms with E-state index in [1.165, 1.54) is 19.5 Å². The first-order chi connectivity index (χ1) is 4.84. The Hall–Kier alpha value is -0.0800. The maximum Gasteiger partial charge on any atom is 0.00794 e. The van der Waals surface area contributed by atoms with Crippen molar-refractivity contribution in [3.63, 3.8) is 0 Å². The summed E-state index contributed by atoms with van der Waals surface area (Å²) in [5.41, 5.74) is 0. The molecule has 2 nitrogen and oxygen atoms in total. The summed E-state index contributed by atoms with van der Waals surface area (Å²) in [4.78, 5) is 0. The molecule has 60 valence electrons. The predicted octanol–water partition coefficient (Wildman–Crippen LogP) is 0.594. The van der Waals surface area contributed by atoms with Gasteiger partial charge in [0.2, 0.25) is 0 Å². The summed E-state index contributed by atoms with van der Waals surface area (Å²) in [6.45, 7) is 7.95.